The lowest BCUT2D eigenvalue weighted by Crippen LogP contribution is -2.40. The fourth-order valence-electron chi connectivity index (χ4n) is 2.88. The lowest BCUT2D eigenvalue weighted by atomic mass is 10.1. The molecule has 1 N–H and O–H groups in total. The molecule has 1 amide bonds. The summed E-state index contributed by atoms with van der Waals surface area (Å²) in [5, 5.41) is 0.600. The van der Waals surface area contributed by atoms with Crippen molar-refractivity contribution < 1.29 is 25.3 Å². The van der Waals surface area contributed by atoms with Crippen LogP contribution in [0.4, 0.5) is 5.69 Å². The predicted molar refractivity (Wildman–Crippen MR) is 107 cm³/mol. The molecule has 0 unspecified atom stereocenters. The van der Waals surface area contributed by atoms with Gasteiger partial charge in [-0.05, 0) is 31.2 Å². The van der Waals surface area contributed by atoms with Crippen molar-refractivity contribution in [1.82, 2.24) is 4.98 Å². The molecule has 0 fully saturated rings. The maximum absolute atomic E-state index is 13.0. The van der Waals surface area contributed by atoms with E-state index < -0.39 is 17.7 Å². The van der Waals surface area contributed by atoms with Crippen LogP contribution in [0, 0.1) is 0 Å². The molecule has 0 radical (unpaired) electrons. The van der Waals surface area contributed by atoms with Gasteiger partial charge in [-0.1, -0.05) is 18.2 Å². The van der Waals surface area contributed by atoms with E-state index in [1.807, 2.05) is 0 Å². The number of amides is 1. The lowest BCUT2D eigenvalue weighted by Gasteiger charge is -2.21. The Labute approximate surface area is 163 Å². The number of para-hydroxylation sites is 1. The zero-order valence-corrected chi connectivity index (χ0v) is 15.6. The number of nitrogens with zero attached hydrogens (tertiary/aromatic N) is 1. The minimum absolute atomic E-state index is 0. The van der Waals surface area contributed by atoms with Crippen molar-refractivity contribution in [2.24, 2.45) is 0 Å². The summed E-state index contributed by atoms with van der Waals surface area (Å²) < 4.78 is 10.1. The van der Waals surface area contributed by atoms with Gasteiger partial charge in [-0.2, -0.15) is 0 Å². The van der Waals surface area contributed by atoms with Gasteiger partial charge in [0.25, 0.3) is 11.7 Å². The van der Waals surface area contributed by atoms with E-state index in [0.29, 0.717) is 22.3 Å². The zero-order chi connectivity index (χ0) is 20.1. The summed E-state index contributed by atoms with van der Waals surface area (Å²) in [6, 6.07) is 13.7. The minimum Gasteiger partial charge on any atom is -0.497 e. The highest BCUT2D eigenvalue weighted by molar-refractivity contribution is 6.49. The summed E-state index contributed by atoms with van der Waals surface area (Å²) in [5.74, 6) is -1.48. The average Bonchev–Trinajstić information content (AvgIpc) is 3.15. The predicted octanol–water partition coefficient (Wildman–Crippen LogP) is 3.20. The van der Waals surface area contributed by atoms with E-state index in [4.69, 9.17) is 9.47 Å². The Bertz CT molecular complexity index is 1020. The van der Waals surface area contributed by atoms with Crippen LogP contribution in [0.2, 0.25) is 0 Å². The summed E-state index contributed by atoms with van der Waals surface area (Å²) in [6.45, 7) is 1.52. The molecule has 0 spiro atoms. The largest absolute Gasteiger partial charge is 0.497 e. The number of ether oxygens (including phenoxy) is 2. The van der Waals surface area contributed by atoms with E-state index >= 15 is 0 Å². The van der Waals surface area contributed by atoms with Crippen LogP contribution in [-0.4, -0.2) is 42.9 Å². The van der Waals surface area contributed by atoms with Crippen LogP contribution in [0.1, 0.15) is 18.7 Å². The third-order valence-corrected chi connectivity index (χ3v) is 4.23. The quantitative estimate of drug-likeness (QED) is 0.385. The van der Waals surface area contributed by atoms with Gasteiger partial charge in [0, 0.05) is 30.3 Å². The standard InChI is InChI=1S/C21H20N2O5.H2/c1-3-28-19(24)13-23(14-7-5-4-6-8-14)21(26)20(25)17-12-22-18-11-15(27-2)9-10-16(17)18;/h4-12,22H,3,13H2,1-2H3;1H. The summed E-state index contributed by atoms with van der Waals surface area (Å²) in [6.07, 6.45) is 1.48. The first-order valence-corrected chi connectivity index (χ1v) is 8.77. The number of rotatable bonds is 7. The molecule has 0 aliphatic carbocycles. The molecule has 1 heterocycles. The van der Waals surface area contributed by atoms with Gasteiger partial charge in [0.1, 0.15) is 12.3 Å². The maximum Gasteiger partial charge on any atom is 0.326 e. The first-order chi connectivity index (χ1) is 13.5. The van der Waals surface area contributed by atoms with Crippen molar-refractivity contribution in [3.05, 3.63) is 60.3 Å². The number of Topliss-reactive ketones (excluding diaryl/α,β-unsaturated/α-hetero) is 1. The Morgan fingerprint density at radius 3 is 2.54 bits per heavy atom. The third kappa shape index (κ3) is 3.88. The van der Waals surface area contributed by atoms with E-state index in [1.54, 1.807) is 62.6 Å². The monoisotopic (exact) mass is 382 g/mol. The average molecular weight is 382 g/mol. The van der Waals surface area contributed by atoms with Crippen molar-refractivity contribution >= 4 is 34.3 Å². The third-order valence-electron chi connectivity index (χ3n) is 4.23. The number of aromatic nitrogens is 1. The summed E-state index contributed by atoms with van der Waals surface area (Å²) in [5.41, 5.74) is 1.34. The SMILES string of the molecule is CCOC(=O)CN(C(=O)C(=O)c1c[nH]c2cc(OC)ccc12)c1ccccc1.[HH]. The van der Waals surface area contributed by atoms with Crippen LogP contribution < -0.4 is 9.64 Å². The molecule has 7 nitrogen and oxygen atoms in total. The van der Waals surface area contributed by atoms with Gasteiger partial charge in [0.2, 0.25) is 0 Å². The fraction of sp³-hybridized carbons (Fsp3) is 0.190. The molecule has 3 rings (SSSR count). The number of hydrogen-bond acceptors (Lipinski definition) is 5. The van der Waals surface area contributed by atoms with Crippen LogP contribution in [0.25, 0.3) is 10.9 Å². The van der Waals surface area contributed by atoms with Crippen LogP contribution in [0.3, 0.4) is 0 Å². The van der Waals surface area contributed by atoms with E-state index in [-0.39, 0.29) is 20.1 Å². The Balaban J connectivity index is 0.00000300. The molecular weight excluding hydrogens is 360 g/mol. The molecule has 146 valence electrons. The van der Waals surface area contributed by atoms with Crippen LogP contribution in [-0.2, 0) is 14.3 Å². The molecule has 0 aliphatic heterocycles. The molecule has 28 heavy (non-hydrogen) atoms. The van der Waals surface area contributed by atoms with Gasteiger partial charge in [-0.15, -0.1) is 0 Å². The molecule has 0 aliphatic rings. The van der Waals surface area contributed by atoms with Crippen molar-refractivity contribution in [3.63, 3.8) is 0 Å². The Kier molecular flexibility index (Phi) is 5.74. The second kappa shape index (κ2) is 8.39. The molecule has 0 bridgehead atoms. The Hall–Kier alpha value is -3.61. The van der Waals surface area contributed by atoms with Gasteiger partial charge < -0.3 is 14.5 Å². The van der Waals surface area contributed by atoms with Gasteiger partial charge in [-0.25, -0.2) is 0 Å². The molecule has 0 saturated carbocycles. The molecular formula is C21H22N2O5. The second-order valence-corrected chi connectivity index (χ2v) is 5.97. The van der Waals surface area contributed by atoms with Crippen LogP contribution in [0.5, 0.6) is 5.75 Å². The number of carbonyl (C=O) groups is 3. The molecule has 1 aromatic heterocycles. The van der Waals surface area contributed by atoms with Gasteiger partial charge in [0.05, 0.1) is 19.3 Å². The topological polar surface area (TPSA) is 88.7 Å². The van der Waals surface area contributed by atoms with Gasteiger partial charge in [-0.3, -0.25) is 19.3 Å². The molecule has 2 aromatic carbocycles. The molecule has 7 heteroatoms. The van der Waals surface area contributed by atoms with E-state index in [0.717, 1.165) is 4.90 Å². The number of ketones is 1. The van der Waals surface area contributed by atoms with E-state index in [2.05, 4.69) is 4.98 Å². The van der Waals surface area contributed by atoms with Crippen molar-refractivity contribution in [2.75, 3.05) is 25.2 Å². The first kappa shape index (κ1) is 19.2. The highest BCUT2D eigenvalue weighted by Crippen LogP contribution is 2.24. The van der Waals surface area contributed by atoms with Crippen molar-refractivity contribution in [2.45, 2.75) is 6.92 Å². The maximum atomic E-state index is 13.0. The molecule has 3 aromatic rings. The Morgan fingerprint density at radius 2 is 1.86 bits per heavy atom. The number of hydrogen-bond donors (Lipinski definition) is 1. The highest BCUT2D eigenvalue weighted by Gasteiger charge is 2.28. The van der Waals surface area contributed by atoms with Gasteiger partial charge >= 0.3 is 5.97 Å². The normalized spacial score (nSPS) is 10.5. The number of nitrogens with one attached hydrogen (secondary N) is 1. The number of benzene rings is 2. The fourth-order valence-corrected chi connectivity index (χ4v) is 2.88. The lowest BCUT2D eigenvalue weighted by molar-refractivity contribution is -0.142. The van der Waals surface area contributed by atoms with E-state index in [9.17, 15) is 14.4 Å². The summed E-state index contributed by atoms with van der Waals surface area (Å²) in [7, 11) is 1.55. The molecule has 0 atom stereocenters. The number of H-pyrrole nitrogens is 1. The molecule has 0 saturated heterocycles. The zero-order valence-electron chi connectivity index (χ0n) is 15.6. The number of anilines is 1. The Morgan fingerprint density at radius 1 is 1.11 bits per heavy atom. The van der Waals surface area contributed by atoms with Gasteiger partial charge in [0.15, 0.2) is 0 Å². The first-order valence-electron chi connectivity index (χ1n) is 8.77. The number of esters is 1. The van der Waals surface area contributed by atoms with E-state index in [1.165, 1.54) is 6.20 Å². The van der Waals surface area contributed by atoms with Crippen molar-refractivity contribution in [3.8, 4) is 5.75 Å². The number of carbonyl (C=O) groups excluding carboxylic acids is 3. The van der Waals surface area contributed by atoms with Crippen molar-refractivity contribution in [1.29, 1.82) is 0 Å². The summed E-state index contributed by atoms with van der Waals surface area (Å²) in [4.78, 5) is 42.0. The minimum atomic E-state index is -0.809. The van der Waals surface area contributed by atoms with Crippen LogP contribution >= 0.6 is 0 Å². The number of fused-ring (bicyclic) bond motifs is 1. The summed E-state index contributed by atoms with van der Waals surface area (Å²) >= 11 is 0. The van der Waals surface area contributed by atoms with Crippen LogP contribution in [0.15, 0.2) is 54.7 Å². The number of methoxy groups -OCH3 is 1. The number of aromatic amines is 1. The highest BCUT2D eigenvalue weighted by atomic mass is 16.5. The second-order valence-electron chi connectivity index (χ2n) is 5.97. The smallest absolute Gasteiger partial charge is 0.326 e.